The summed E-state index contributed by atoms with van der Waals surface area (Å²) in [7, 11) is -3.59. The van der Waals surface area contributed by atoms with E-state index in [9.17, 15) is 18.0 Å². The number of nitrogens with one attached hydrogen (secondary N) is 2. The predicted molar refractivity (Wildman–Crippen MR) is 110 cm³/mol. The maximum absolute atomic E-state index is 12.3. The molecule has 1 unspecified atom stereocenters. The number of carbonyl (C=O) groups excluding carboxylic acids is 2. The first-order chi connectivity index (χ1) is 12.4. The molecule has 0 heterocycles. The van der Waals surface area contributed by atoms with Crippen LogP contribution in [0.25, 0.3) is 0 Å². The topological polar surface area (TPSA) is 92.3 Å². The van der Waals surface area contributed by atoms with E-state index in [0.717, 1.165) is 22.4 Å². The van der Waals surface area contributed by atoms with E-state index in [2.05, 4.69) is 10.6 Å². The van der Waals surface area contributed by atoms with E-state index in [0.29, 0.717) is 6.54 Å². The van der Waals surface area contributed by atoms with Crippen LogP contribution in [0.2, 0.25) is 0 Å². The van der Waals surface area contributed by atoms with Crippen molar-refractivity contribution >= 4 is 27.3 Å². The van der Waals surface area contributed by atoms with E-state index in [4.69, 9.17) is 0 Å². The van der Waals surface area contributed by atoms with Crippen LogP contribution in [0.3, 0.4) is 0 Å². The fourth-order valence-corrected chi connectivity index (χ4v) is 4.11. The van der Waals surface area contributed by atoms with Crippen LogP contribution in [-0.4, -0.2) is 37.8 Å². The van der Waals surface area contributed by atoms with E-state index in [1.54, 1.807) is 0 Å². The molecule has 1 atom stereocenters. The molecule has 27 heavy (non-hydrogen) atoms. The fraction of sp³-hybridized carbons (Fsp3) is 0.600. The molecule has 0 saturated carbocycles. The van der Waals surface area contributed by atoms with Crippen LogP contribution in [0.15, 0.2) is 12.1 Å². The number of amides is 2. The normalized spacial score (nSPS) is 12.7. The van der Waals surface area contributed by atoms with Crippen molar-refractivity contribution in [3.63, 3.8) is 0 Å². The molecule has 0 spiro atoms. The van der Waals surface area contributed by atoms with Gasteiger partial charge in [-0.1, -0.05) is 31.5 Å². The number of hydrogen-bond donors (Lipinski definition) is 2. The van der Waals surface area contributed by atoms with E-state index < -0.39 is 21.0 Å². The molecule has 0 bridgehead atoms. The molecule has 0 aliphatic rings. The van der Waals surface area contributed by atoms with Crippen molar-refractivity contribution in [2.24, 2.45) is 5.92 Å². The Morgan fingerprint density at radius 1 is 1.04 bits per heavy atom. The number of sulfone groups is 1. The molecule has 0 radical (unpaired) electrons. The minimum Gasteiger partial charge on any atom is -0.355 e. The smallest absolute Gasteiger partial charge is 0.238 e. The van der Waals surface area contributed by atoms with Gasteiger partial charge in [0.2, 0.25) is 11.8 Å². The predicted octanol–water partition coefficient (Wildman–Crippen LogP) is 2.91. The molecule has 1 rings (SSSR count). The number of hydrogen-bond acceptors (Lipinski definition) is 4. The highest BCUT2D eigenvalue weighted by Gasteiger charge is 2.27. The second-order valence-electron chi connectivity index (χ2n) is 7.57. The average molecular weight is 397 g/mol. The molecule has 152 valence electrons. The van der Waals surface area contributed by atoms with Gasteiger partial charge in [-0.05, 0) is 51.2 Å². The molecule has 0 aliphatic carbocycles. The third kappa shape index (κ3) is 7.33. The van der Waals surface area contributed by atoms with Crippen molar-refractivity contribution < 1.29 is 18.0 Å². The first kappa shape index (κ1) is 23.1. The Bertz CT molecular complexity index is 762. The van der Waals surface area contributed by atoms with Crippen molar-refractivity contribution in [2.45, 2.75) is 59.6 Å². The van der Waals surface area contributed by atoms with Crippen molar-refractivity contribution in [2.75, 3.05) is 17.6 Å². The van der Waals surface area contributed by atoms with Gasteiger partial charge >= 0.3 is 0 Å². The van der Waals surface area contributed by atoms with Gasteiger partial charge in [0.1, 0.15) is 5.25 Å². The van der Waals surface area contributed by atoms with Gasteiger partial charge in [-0.15, -0.1) is 0 Å². The Labute approximate surface area is 163 Å². The summed E-state index contributed by atoms with van der Waals surface area (Å²) >= 11 is 0. The summed E-state index contributed by atoms with van der Waals surface area (Å²) in [5.74, 6) is -0.653. The van der Waals surface area contributed by atoms with Crippen LogP contribution in [0.5, 0.6) is 0 Å². The number of rotatable bonds is 9. The van der Waals surface area contributed by atoms with E-state index >= 15 is 0 Å². The lowest BCUT2D eigenvalue weighted by Crippen LogP contribution is -2.40. The Morgan fingerprint density at radius 3 is 2.11 bits per heavy atom. The maximum atomic E-state index is 12.3. The molecule has 0 aliphatic heterocycles. The van der Waals surface area contributed by atoms with Crippen molar-refractivity contribution in [1.29, 1.82) is 0 Å². The fourth-order valence-electron chi connectivity index (χ4n) is 2.80. The molecule has 2 N–H and O–H groups in total. The maximum Gasteiger partial charge on any atom is 0.238 e. The van der Waals surface area contributed by atoms with Crippen molar-refractivity contribution in [3.8, 4) is 0 Å². The van der Waals surface area contributed by atoms with Gasteiger partial charge in [-0.2, -0.15) is 0 Å². The summed E-state index contributed by atoms with van der Waals surface area (Å²) in [4.78, 5) is 24.1. The van der Waals surface area contributed by atoms with Crippen LogP contribution >= 0.6 is 0 Å². The molecule has 1 aromatic carbocycles. The largest absolute Gasteiger partial charge is 0.355 e. The van der Waals surface area contributed by atoms with Crippen LogP contribution in [0, 0.1) is 26.7 Å². The minimum atomic E-state index is -3.59. The second-order valence-corrected chi connectivity index (χ2v) is 10.0. The zero-order chi connectivity index (χ0) is 20.8. The van der Waals surface area contributed by atoms with Gasteiger partial charge in [0.05, 0.1) is 5.75 Å². The van der Waals surface area contributed by atoms with E-state index in [-0.39, 0.29) is 30.4 Å². The first-order valence-electron chi connectivity index (χ1n) is 9.31. The van der Waals surface area contributed by atoms with Gasteiger partial charge < -0.3 is 10.6 Å². The number of benzene rings is 1. The van der Waals surface area contributed by atoms with Crippen LogP contribution < -0.4 is 10.6 Å². The van der Waals surface area contributed by atoms with Crippen LogP contribution in [-0.2, 0) is 19.4 Å². The first-order valence-corrected chi connectivity index (χ1v) is 11.0. The van der Waals surface area contributed by atoms with Gasteiger partial charge in [0.25, 0.3) is 0 Å². The molecule has 0 saturated heterocycles. The van der Waals surface area contributed by atoms with Crippen LogP contribution in [0.4, 0.5) is 5.69 Å². The lowest BCUT2D eigenvalue weighted by atomic mass is 10.0. The highest BCUT2D eigenvalue weighted by Crippen LogP contribution is 2.22. The molecule has 0 fully saturated rings. The molecule has 2 amide bonds. The minimum absolute atomic E-state index is 0.0896. The highest BCUT2D eigenvalue weighted by molar-refractivity contribution is 7.92. The Balaban J connectivity index is 2.56. The van der Waals surface area contributed by atoms with Gasteiger partial charge in [-0.3, -0.25) is 9.59 Å². The average Bonchev–Trinajstić information content (AvgIpc) is 2.54. The molecular formula is C20H32N2O4S. The van der Waals surface area contributed by atoms with Gasteiger partial charge in [0, 0.05) is 18.7 Å². The van der Waals surface area contributed by atoms with Crippen molar-refractivity contribution in [1.82, 2.24) is 5.32 Å². The van der Waals surface area contributed by atoms with Crippen molar-refractivity contribution in [3.05, 3.63) is 28.8 Å². The zero-order valence-electron chi connectivity index (χ0n) is 17.2. The SMILES string of the molecule is Cc1cc(C)c(NC(=O)CCCS(=O)(=O)C(C)C(=O)NCC(C)C)c(C)c1. The monoisotopic (exact) mass is 396 g/mol. The Hall–Kier alpha value is -1.89. The number of anilines is 1. The molecule has 1 aromatic rings. The lowest BCUT2D eigenvalue weighted by Gasteiger charge is -2.15. The van der Waals surface area contributed by atoms with E-state index in [1.807, 2.05) is 46.8 Å². The lowest BCUT2D eigenvalue weighted by molar-refractivity contribution is -0.120. The summed E-state index contributed by atoms with van der Waals surface area (Å²) in [6, 6.07) is 3.98. The van der Waals surface area contributed by atoms with Gasteiger partial charge in [0.15, 0.2) is 9.84 Å². The summed E-state index contributed by atoms with van der Waals surface area (Å²) in [6.07, 6.45) is 0.270. The van der Waals surface area contributed by atoms with Crippen LogP contribution in [0.1, 0.15) is 50.3 Å². The summed E-state index contributed by atoms with van der Waals surface area (Å²) < 4.78 is 24.6. The summed E-state index contributed by atoms with van der Waals surface area (Å²) in [5.41, 5.74) is 3.85. The standard InChI is InChI=1S/C20H32N2O4S/c1-13(2)12-21-20(24)17(6)27(25,26)9-7-8-18(23)22-19-15(4)10-14(3)11-16(19)5/h10-11,13,17H,7-9,12H2,1-6H3,(H,21,24)(H,22,23). The molecular weight excluding hydrogens is 364 g/mol. The zero-order valence-corrected chi connectivity index (χ0v) is 18.0. The second kappa shape index (κ2) is 9.88. The van der Waals surface area contributed by atoms with Gasteiger partial charge in [-0.25, -0.2) is 8.42 Å². The third-order valence-corrected chi connectivity index (χ3v) is 6.52. The number of carbonyl (C=O) groups is 2. The Morgan fingerprint density at radius 2 is 1.59 bits per heavy atom. The Kier molecular flexibility index (Phi) is 8.47. The number of aryl methyl sites for hydroxylation is 3. The van der Waals surface area contributed by atoms with E-state index in [1.165, 1.54) is 6.92 Å². The molecule has 6 nitrogen and oxygen atoms in total. The summed E-state index contributed by atoms with van der Waals surface area (Å²) in [5, 5.41) is 4.39. The highest BCUT2D eigenvalue weighted by atomic mass is 32.2. The summed E-state index contributed by atoms with van der Waals surface area (Å²) in [6.45, 7) is 11.6. The molecule has 0 aromatic heterocycles. The quantitative estimate of drug-likeness (QED) is 0.671. The third-order valence-electron chi connectivity index (χ3n) is 4.37. The molecule has 7 heteroatoms.